The molecular weight excluding hydrogens is 204 g/mol. The Morgan fingerprint density at radius 1 is 1.31 bits per heavy atom. The Bertz CT molecular complexity index is 394. The maximum atomic E-state index is 11.2. The van der Waals surface area contributed by atoms with Crippen molar-refractivity contribution >= 4 is 11.8 Å². The minimum atomic E-state index is -0.443. The van der Waals surface area contributed by atoms with Crippen molar-refractivity contribution in [3.05, 3.63) is 23.8 Å². The molecule has 0 bridgehead atoms. The fourth-order valence-corrected chi connectivity index (χ4v) is 1.27. The number of aryl methyl sites for hydroxylation is 1. The predicted octanol–water partition coefficient (Wildman–Crippen LogP) is 1.91. The van der Waals surface area contributed by atoms with Gasteiger partial charge in [-0.1, -0.05) is 0 Å². The number of carbonyl (C=O) groups is 1. The van der Waals surface area contributed by atoms with Crippen molar-refractivity contribution in [2.45, 2.75) is 6.92 Å². The van der Waals surface area contributed by atoms with E-state index in [1.165, 1.54) is 0 Å². The van der Waals surface area contributed by atoms with Gasteiger partial charge in [-0.05, 0) is 24.6 Å². The molecule has 0 atom stereocenters. The van der Waals surface area contributed by atoms with E-state index in [9.17, 15) is 4.79 Å². The zero-order valence-corrected chi connectivity index (χ0v) is 10.5. The van der Waals surface area contributed by atoms with Crippen molar-refractivity contribution in [1.82, 2.24) is 9.80 Å². The molecule has 1 rings (SSSR count). The average Bonchev–Trinajstić information content (AvgIpc) is 2.19. The van der Waals surface area contributed by atoms with E-state index < -0.39 is 6.09 Å². The second-order valence-electron chi connectivity index (χ2n) is 4.60. The molecule has 0 aliphatic carbocycles. The summed E-state index contributed by atoms with van der Waals surface area (Å²) >= 11 is 0. The maximum absolute atomic E-state index is 11.2. The van der Waals surface area contributed by atoms with Crippen LogP contribution < -0.4 is 14.5 Å². The van der Waals surface area contributed by atoms with Gasteiger partial charge in [0.1, 0.15) is 11.4 Å². The lowest BCUT2D eigenvalue weighted by Crippen LogP contribution is -2.34. The van der Waals surface area contributed by atoms with Gasteiger partial charge in [-0.3, -0.25) is 4.48 Å². The van der Waals surface area contributed by atoms with Gasteiger partial charge in [-0.25, -0.2) is 4.79 Å². The third-order valence-electron chi connectivity index (χ3n) is 2.35. The smallest absolute Gasteiger partial charge is 0.410 e. The van der Waals surface area contributed by atoms with Gasteiger partial charge in [0.2, 0.25) is 0 Å². The molecule has 1 amide bonds. The number of hydrogen-bond donors (Lipinski definition) is 1. The molecule has 0 saturated heterocycles. The Kier molecular flexibility index (Phi) is 3.55. The lowest BCUT2D eigenvalue weighted by molar-refractivity contribution is 0.202. The molecule has 1 aromatic rings. The minimum Gasteiger partial charge on any atom is -0.410 e. The Labute approximate surface area is 96.4 Å². The van der Waals surface area contributed by atoms with E-state index in [0.717, 1.165) is 11.3 Å². The van der Waals surface area contributed by atoms with Crippen molar-refractivity contribution in [2.24, 2.45) is 0 Å². The van der Waals surface area contributed by atoms with Gasteiger partial charge in [0.25, 0.3) is 0 Å². The van der Waals surface area contributed by atoms with E-state index >= 15 is 0 Å². The summed E-state index contributed by atoms with van der Waals surface area (Å²) in [5.41, 5.74) is 2.03. The second kappa shape index (κ2) is 4.53. The molecule has 0 aliphatic rings. The van der Waals surface area contributed by atoms with Crippen molar-refractivity contribution < 1.29 is 9.53 Å². The molecule has 0 saturated carbocycles. The van der Waals surface area contributed by atoms with Crippen LogP contribution in [0.15, 0.2) is 18.2 Å². The van der Waals surface area contributed by atoms with Gasteiger partial charge in [-0.15, -0.1) is 0 Å². The number of rotatable bonds is 2. The van der Waals surface area contributed by atoms with Crippen LogP contribution in [0.1, 0.15) is 5.56 Å². The molecule has 1 aromatic carbocycles. The highest BCUT2D eigenvalue weighted by molar-refractivity contribution is 5.71. The number of carbonyl (C=O) groups excluding carboxylic acids is 1. The number of benzene rings is 1. The third-order valence-corrected chi connectivity index (χ3v) is 2.35. The van der Waals surface area contributed by atoms with E-state index in [2.05, 4.69) is 26.5 Å². The number of nitrogens with one attached hydrogen (secondary N) is 1. The first-order valence-electron chi connectivity index (χ1n) is 5.17. The standard InChI is InChI=1S/C12H18N2O2/c1-9-6-7-10(14(3,4)5)8-11(9)16-12(15)13-2/h6-8H,1-5H3/p+1. The van der Waals surface area contributed by atoms with E-state index in [4.69, 9.17) is 4.74 Å². The van der Waals surface area contributed by atoms with Crippen LogP contribution in [0, 0.1) is 6.92 Å². The highest BCUT2D eigenvalue weighted by Gasteiger charge is 2.15. The van der Waals surface area contributed by atoms with Gasteiger partial charge in [0.05, 0.1) is 21.1 Å². The molecule has 0 fully saturated rings. The van der Waals surface area contributed by atoms with E-state index in [0.29, 0.717) is 10.2 Å². The summed E-state index contributed by atoms with van der Waals surface area (Å²) in [7, 11) is 7.73. The summed E-state index contributed by atoms with van der Waals surface area (Å²) in [6.45, 7) is 1.91. The lowest BCUT2D eigenvalue weighted by Gasteiger charge is -2.24. The molecule has 88 valence electrons. The van der Waals surface area contributed by atoms with E-state index in [-0.39, 0.29) is 0 Å². The Hall–Kier alpha value is -1.55. The van der Waals surface area contributed by atoms with Gasteiger partial charge >= 0.3 is 6.09 Å². The predicted molar refractivity (Wildman–Crippen MR) is 65.8 cm³/mol. The van der Waals surface area contributed by atoms with Crippen LogP contribution >= 0.6 is 0 Å². The normalized spacial score (nSPS) is 11.1. The largest absolute Gasteiger partial charge is 0.412 e. The van der Waals surface area contributed by atoms with Gasteiger partial charge in [0, 0.05) is 13.1 Å². The number of hydrogen-bond acceptors (Lipinski definition) is 2. The first-order valence-corrected chi connectivity index (χ1v) is 5.17. The Morgan fingerprint density at radius 3 is 2.44 bits per heavy atom. The molecule has 1 N–H and O–H groups in total. The van der Waals surface area contributed by atoms with Crippen LogP contribution in [0.25, 0.3) is 0 Å². The maximum Gasteiger partial charge on any atom is 0.412 e. The van der Waals surface area contributed by atoms with Crippen LogP contribution in [0.3, 0.4) is 0 Å². The third kappa shape index (κ3) is 2.97. The van der Waals surface area contributed by atoms with Gasteiger partial charge in [-0.2, -0.15) is 0 Å². The fourth-order valence-electron chi connectivity index (χ4n) is 1.27. The van der Waals surface area contributed by atoms with Crippen LogP contribution in [-0.2, 0) is 0 Å². The molecule has 0 spiro atoms. The van der Waals surface area contributed by atoms with Crippen LogP contribution in [0.2, 0.25) is 0 Å². The highest BCUT2D eigenvalue weighted by Crippen LogP contribution is 2.26. The van der Waals surface area contributed by atoms with Crippen molar-refractivity contribution in [2.75, 3.05) is 28.2 Å². The number of ether oxygens (including phenoxy) is 1. The summed E-state index contributed by atoms with van der Waals surface area (Å²) < 4.78 is 5.85. The second-order valence-corrected chi connectivity index (χ2v) is 4.60. The molecule has 0 aliphatic heterocycles. The fraction of sp³-hybridized carbons (Fsp3) is 0.417. The van der Waals surface area contributed by atoms with Gasteiger partial charge < -0.3 is 10.1 Å². The van der Waals surface area contributed by atoms with Crippen molar-refractivity contribution in [1.29, 1.82) is 0 Å². The van der Waals surface area contributed by atoms with Crippen molar-refractivity contribution in [3.8, 4) is 5.75 Å². The molecule has 0 aromatic heterocycles. The molecule has 0 radical (unpaired) electrons. The topological polar surface area (TPSA) is 38.3 Å². The average molecular weight is 223 g/mol. The van der Waals surface area contributed by atoms with Crippen LogP contribution in [0.4, 0.5) is 10.5 Å². The SMILES string of the molecule is CNC(=O)Oc1cc([N+](C)(C)C)ccc1C. The lowest BCUT2D eigenvalue weighted by atomic mass is 10.2. The summed E-state index contributed by atoms with van der Waals surface area (Å²) in [6.07, 6.45) is -0.443. The highest BCUT2D eigenvalue weighted by atomic mass is 16.6. The first-order chi connectivity index (χ1) is 7.34. The first kappa shape index (κ1) is 12.5. The minimum absolute atomic E-state index is 0.443. The monoisotopic (exact) mass is 223 g/mol. The van der Waals surface area contributed by atoms with Crippen LogP contribution in [0.5, 0.6) is 5.75 Å². The zero-order valence-electron chi connectivity index (χ0n) is 10.5. The van der Waals surface area contributed by atoms with E-state index in [1.807, 2.05) is 25.1 Å². The quantitative estimate of drug-likeness (QED) is 0.778. The molecule has 4 nitrogen and oxygen atoms in total. The zero-order chi connectivity index (χ0) is 12.3. The van der Waals surface area contributed by atoms with Crippen LogP contribution in [-0.4, -0.2) is 34.3 Å². The molecule has 4 heteroatoms. The number of nitrogens with zero attached hydrogens (tertiary/aromatic N) is 1. The molecule has 0 heterocycles. The summed E-state index contributed by atoms with van der Waals surface area (Å²) in [5.74, 6) is 0.602. The Morgan fingerprint density at radius 2 is 1.94 bits per heavy atom. The van der Waals surface area contributed by atoms with Gasteiger partial charge in [0.15, 0.2) is 0 Å². The summed E-state index contributed by atoms with van der Waals surface area (Å²) in [4.78, 5) is 11.2. The number of amides is 1. The summed E-state index contributed by atoms with van der Waals surface area (Å²) in [5, 5.41) is 2.43. The van der Waals surface area contributed by atoms with E-state index in [1.54, 1.807) is 7.05 Å². The molecule has 16 heavy (non-hydrogen) atoms. The summed E-state index contributed by atoms with van der Waals surface area (Å²) in [6, 6.07) is 5.88. The molecular formula is C12H19N2O2+. The molecule has 0 unspecified atom stereocenters. The Balaban J connectivity index is 3.04. The number of quaternary nitrogens is 1. The van der Waals surface area contributed by atoms with Crippen molar-refractivity contribution in [3.63, 3.8) is 0 Å².